The van der Waals surface area contributed by atoms with Crippen LogP contribution in [0.3, 0.4) is 0 Å². The average Bonchev–Trinajstić information content (AvgIpc) is 3.05. The van der Waals surface area contributed by atoms with Crippen LogP contribution >= 0.6 is 0 Å². The second kappa shape index (κ2) is 6.26. The van der Waals surface area contributed by atoms with E-state index in [1.807, 2.05) is 12.1 Å². The van der Waals surface area contributed by atoms with Crippen LogP contribution in [0.25, 0.3) is 0 Å². The van der Waals surface area contributed by atoms with Crippen LogP contribution in [0, 0.1) is 5.82 Å². The SMILES string of the molecule is O=C(NCc1ccncc1)C1(c2ccccc2F)CCCC1. The van der Waals surface area contributed by atoms with Crippen molar-refractivity contribution >= 4 is 5.91 Å². The third-order valence-corrected chi connectivity index (χ3v) is 4.48. The van der Waals surface area contributed by atoms with Crippen molar-refractivity contribution in [2.45, 2.75) is 37.6 Å². The lowest BCUT2D eigenvalue weighted by Gasteiger charge is -2.28. The summed E-state index contributed by atoms with van der Waals surface area (Å²) < 4.78 is 14.2. The van der Waals surface area contributed by atoms with E-state index in [4.69, 9.17) is 0 Å². The lowest BCUT2D eigenvalue weighted by atomic mass is 9.77. The molecule has 0 unspecified atom stereocenters. The van der Waals surface area contributed by atoms with Gasteiger partial charge in [0.2, 0.25) is 5.91 Å². The van der Waals surface area contributed by atoms with Crippen molar-refractivity contribution < 1.29 is 9.18 Å². The first-order valence-corrected chi connectivity index (χ1v) is 7.65. The van der Waals surface area contributed by atoms with Crippen molar-refractivity contribution in [3.8, 4) is 0 Å². The van der Waals surface area contributed by atoms with Crippen LogP contribution in [0.1, 0.15) is 36.8 Å². The number of benzene rings is 1. The van der Waals surface area contributed by atoms with Crippen LogP contribution in [0.15, 0.2) is 48.8 Å². The van der Waals surface area contributed by atoms with E-state index >= 15 is 0 Å². The van der Waals surface area contributed by atoms with Crippen molar-refractivity contribution in [2.75, 3.05) is 0 Å². The van der Waals surface area contributed by atoms with Gasteiger partial charge >= 0.3 is 0 Å². The zero-order valence-electron chi connectivity index (χ0n) is 12.4. The minimum Gasteiger partial charge on any atom is -0.351 e. The highest BCUT2D eigenvalue weighted by Crippen LogP contribution is 2.42. The van der Waals surface area contributed by atoms with Gasteiger partial charge in [0.05, 0.1) is 5.41 Å². The average molecular weight is 298 g/mol. The number of pyridine rings is 1. The summed E-state index contributed by atoms with van der Waals surface area (Å²) in [4.78, 5) is 16.8. The lowest BCUT2D eigenvalue weighted by molar-refractivity contribution is -0.126. The summed E-state index contributed by atoms with van der Waals surface area (Å²) >= 11 is 0. The highest BCUT2D eigenvalue weighted by atomic mass is 19.1. The minimum absolute atomic E-state index is 0.0769. The number of rotatable bonds is 4. The highest BCUT2D eigenvalue weighted by molar-refractivity contribution is 5.88. The molecule has 3 nitrogen and oxygen atoms in total. The molecule has 114 valence electrons. The molecule has 1 aliphatic carbocycles. The molecule has 0 spiro atoms. The smallest absolute Gasteiger partial charge is 0.231 e. The van der Waals surface area contributed by atoms with E-state index in [9.17, 15) is 9.18 Å². The fourth-order valence-electron chi connectivity index (χ4n) is 3.30. The van der Waals surface area contributed by atoms with E-state index in [0.717, 1.165) is 18.4 Å². The Morgan fingerprint density at radius 1 is 1.14 bits per heavy atom. The summed E-state index contributed by atoms with van der Waals surface area (Å²) in [5.41, 5.74) is 0.794. The largest absolute Gasteiger partial charge is 0.351 e. The predicted octanol–water partition coefficient (Wildman–Crippen LogP) is 3.35. The molecule has 1 fully saturated rings. The number of hydrogen-bond acceptors (Lipinski definition) is 2. The molecule has 3 rings (SSSR count). The standard InChI is InChI=1S/C18H19FN2O/c19-16-6-2-1-5-15(16)18(9-3-4-10-18)17(22)21-13-14-7-11-20-12-8-14/h1-2,5-8,11-12H,3-4,9-10,13H2,(H,21,22). The quantitative estimate of drug-likeness (QED) is 0.940. The number of carbonyl (C=O) groups is 1. The molecule has 4 heteroatoms. The number of amides is 1. The Morgan fingerprint density at radius 3 is 2.50 bits per heavy atom. The third kappa shape index (κ3) is 2.73. The van der Waals surface area contributed by atoms with Crippen molar-refractivity contribution in [2.24, 2.45) is 0 Å². The van der Waals surface area contributed by atoms with Gasteiger partial charge in [0, 0.05) is 24.5 Å². The maximum atomic E-state index is 14.2. The normalized spacial score (nSPS) is 16.4. The van der Waals surface area contributed by atoms with Crippen LogP contribution < -0.4 is 5.32 Å². The molecule has 1 amide bonds. The molecule has 1 aliphatic rings. The van der Waals surface area contributed by atoms with Crippen molar-refractivity contribution in [3.05, 3.63) is 65.7 Å². The van der Waals surface area contributed by atoms with Gasteiger partial charge < -0.3 is 5.32 Å². The minimum atomic E-state index is -0.724. The molecule has 1 aromatic carbocycles. The molecule has 0 saturated heterocycles. The number of nitrogens with one attached hydrogen (secondary N) is 1. The summed E-state index contributed by atoms with van der Waals surface area (Å²) in [6, 6.07) is 10.4. The molecule has 0 radical (unpaired) electrons. The highest BCUT2D eigenvalue weighted by Gasteiger charge is 2.44. The van der Waals surface area contributed by atoms with E-state index in [0.29, 0.717) is 24.9 Å². The Bertz CT molecular complexity index is 651. The lowest BCUT2D eigenvalue weighted by Crippen LogP contribution is -2.42. The Balaban J connectivity index is 1.82. The van der Waals surface area contributed by atoms with Crippen LogP contribution in [-0.2, 0) is 16.8 Å². The molecule has 1 heterocycles. The molecule has 1 aromatic heterocycles. The van der Waals surface area contributed by atoms with Crippen LogP contribution in [0.4, 0.5) is 4.39 Å². The molecule has 2 aromatic rings. The zero-order chi connectivity index (χ0) is 15.4. The third-order valence-electron chi connectivity index (χ3n) is 4.48. The summed E-state index contributed by atoms with van der Waals surface area (Å²) in [6.45, 7) is 0.442. The monoisotopic (exact) mass is 298 g/mol. The fraction of sp³-hybridized carbons (Fsp3) is 0.333. The molecular formula is C18H19FN2O. The Morgan fingerprint density at radius 2 is 1.82 bits per heavy atom. The molecule has 1 N–H and O–H groups in total. The van der Waals surface area contributed by atoms with Crippen LogP contribution in [0.2, 0.25) is 0 Å². The van der Waals surface area contributed by atoms with Crippen molar-refractivity contribution in [1.82, 2.24) is 10.3 Å². The molecule has 0 bridgehead atoms. The summed E-state index contributed by atoms with van der Waals surface area (Å²) in [5.74, 6) is -0.365. The van der Waals surface area contributed by atoms with E-state index < -0.39 is 5.41 Å². The van der Waals surface area contributed by atoms with Crippen molar-refractivity contribution in [1.29, 1.82) is 0 Å². The predicted molar refractivity (Wildman–Crippen MR) is 82.6 cm³/mol. The van der Waals surface area contributed by atoms with Gasteiger partial charge in [0.15, 0.2) is 0 Å². The van der Waals surface area contributed by atoms with Gasteiger partial charge in [-0.3, -0.25) is 9.78 Å². The number of aromatic nitrogens is 1. The van der Waals surface area contributed by atoms with Crippen molar-refractivity contribution in [3.63, 3.8) is 0 Å². The van der Waals surface area contributed by atoms with E-state index in [2.05, 4.69) is 10.3 Å². The molecule has 22 heavy (non-hydrogen) atoms. The topological polar surface area (TPSA) is 42.0 Å². The van der Waals surface area contributed by atoms with Gasteiger partial charge in [-0.2, -0.15) is 0 Å². The first-order chi connectivity index (χ1) is 10.7. The van der Waals surface area contributed by atoms with E-state index in [1.54, 1.807) is 30.6 Å². The molecule has 0 aliphatic heterocycles. The van der Waals surface area contributed by atoms with Gasteiger partial charge in [0.25, 0.3) is 0 Å². The van der Waals surface area contributed by atoms with Gasteiger partial charge in [-0.1, -0.05) is 31.0 Å². The van der Waals surface area contributed by atoms with Gasteiger partial charge in [-0.25, -0.2) is 4.39 Å². The second-order valence-electron chi connectivity index (χ2n) is 5.81. The Hall–Kier alpha value is -2.23. The summed E-state index contributed by atoms with van der Waals surface area (Å²) in [6.07, 6.45) is 6.72. The first kappa shape index (κ1) is 14.7. The van der Waals surface area contributed by atoms with E-state index in [-0.39, 0.29) is 11.7 Å². The summed E-state index contributed by atoms with van der Waals surface area (Å²) in [5, 5.41) is 2.97. The number of carbonyl (C=O) groups excluding carboxylic acids is 1. The molecular weight excluding hydrogens is 279 g/mol. The second-order valence-corrected chi connectivity index (χ2v) is 5.81. The zero-order valence-corrected chi connectivity index (χ0v) is 12.4. The Labute approximate surface area is 129 Å². The van der Waals surface area contributed by atoms with Gasteiger partial charge in [-0.15, -0.1) is 0 Å². The molecule has 1 saturated carbocycles. The maximum absolute atomic E-state index is 14.2. The van der Waals surface area contributed by atoms with E-state index in [1.165, 1.54) is 6.07 Å². The summed E-state index contributed by atoms with van der Waals surface area (Å²) in [7, 11) is 0. The Kier molecular flexibility index (Phi) is 4.18. The molecule has 0 atom stereocenters. The van der Waals surface area contributed by atoms with Crippen LogP contribution in [-0.4, -0.2) is 10.9 Å². The first-order valence-electron chi connectivity index (χ1n) is 7.65. The van der Waals surface area contributed by atoms with Crippen LogP contribution in [0.5, 0.6) is 0 Å². The number of nitrogens with zero attached hydrogens (tertiary/aromatic N) is 1. The maximum Gasteiger partial charge on any atom is 0.231 e. The van der Waals surface area contributed by atoms with Gasteiger partial charge in [-0.05, 0) is 36.6 Å². The fourth-order valence-corrected chi connectivity index (χ4v) is 3.30. The van der Waals surface area contributed by atoms with Gasteiger partial charge in [0.1, 0.15) is 5.82 Å². The number of hydrogen-bond donors (Lipinski definition) is 1. The number of halogens is 1.